The van der Waals surface area contributed by atoms with Crippen LogP contribution in [0.15, 0.2) is 288 Å². The molecule has 0 N–H and O–H groups in total. The van der Waals surface area contributed by atoms with E-state index < -0.39 is 0 Å². The number of furan rings is 2. The molecule has 19 aromatic rings. The molecular formula is C78H46N4O2. The normalized spacial score (nSPS) is 12.3. The molecule has 6 heterocycles. The van der Waals surface area contributed by atoms with E-state index in [4.69, 9.17) is 8.83 Å². The molecule has 0 saturated carbocycles. The second kappa shape index (κ2) is 17.1. The molecule has 13 aromatic carbocycles. The molecule has 0 unspecified atom stereocenters. The predicted molar refractivity (Wildman–Crippen MR) is 351 cm³/mol. The molecular weight excluding hydrogens is 1020 g/mol. The molecule has 6 aromatic heterocycles. The number of fused-ring (bicyclic) bond motifs is 18. The lowest BCUT2D eigenvalue weighted by Gasteiger charge is -2.26. The minimum Gasteiger partial charge on any atom is -0.453 e. The topological polar surface area (TPSA) is 41.6 Å². The molecule has 0 amide bonds. The number of nitrogens with zero attached hydrogens (tertiary/aromatic N) is 4. The summed E-state index contributed by atoms with van der Waals surface area (Å²) in [4.78, 5) is 4.81. The smallest absolute Gasteiger partial charge is 0.159 e. The summed E-state index contributed by atoms with van der Waals surface area (Å²) in [5, 5.41) is 14.0. The zero-order chi connectivity index (χ0) is 54.7. The van der Waals surface area contributed by atoms with Crippen molar-refractivity contribution in [3.05, 3.63) is 279 Å². The first-order chi connectivity index (χ1) is 41.7. The third-order valence-electron chi connectivity index (χ3n) is 17.9. The summed E-state index contributed by atoms with van der Waals surface area (Å²) in [6.07, 6.45) is 0. The fourth-order valence-electron chi connectivity index (χ4n) is 14.5. The first-order valence-electron chi connectivity index (χ1n) is 28.7. The van der Waals surface area contributed by atoms with Crippen molar-refractivity contribution in [1.82, 2.24) is 8.80 Å². The molecule has 0 atom stereocenters. The van der Waals surface area contributed by atoms with Crippen LogP contribution in [-0.4, -0.2) is 8.80 Å². The molecule has 0 fully saturated rings. The average molecular weight is 1070 g/mol. The maximum atomic E-state index is 7.13. The van der Waals surface area contributed by atoms with Crippen molar-refractivity contribution in [2.24, 2.45) is 0 Å². The van der Waals surface area contributed by atoms with Crippen LogP contribution in [-0.2, 0) is 0 Å². The lowest BCUT2D eigenvalue weighted by atomic mass is 10.0. The van der Waals surface area contributed by atoms with Gasteiger partial charge in [-0.1, -0.05) is 206 Å². The Morgan fingerprint density at radius 3 is 1.00 bits per heavy atom. The highest BCUT2D eigenvalue weighted by Crippen LogP contribution is 2.53. The van der Waals surface area contributed by atoms with Crippen molar-refractivity contribution in [2.45, 2.75) is 0 Å². The van der Waals surface area contributed by atoms with Crippen LogP contribution < -0.4 is 9.80 Å². The van der Waals surface area contributed by atoms with E-state index in [2.05, 4.69) is 298 Å². The zero-order valence-electron chi connectivity index (χ0n) is 45.2. The fraction of sp³-hybridized carbons (Fsp3) is 0. The Morgan fingerprint density at radius 1 is 0.238 bits per heavy atom. The standard InChI is InChI=1S/C78H46N4O2/c1-5-21-47(22-6-1)51-29-13-33-55-57-35-17-43-67(77(57)83-75(51)55)79(49-25-9-3-10-26-49)63-39-19-41-65-71(63)59-37-15-31-53-61-46-70-62(45-69(61)81(65)73(53)59)54-32-16-38-60-72-64(40-20-42-66(72)82(70)74(54)60)80(50-27-11-4-12-28-50)68-44-18-36-58-56-34-14-30-52(76(56)84-78(58)68)48-23-7-2-8-24-48/h1-46H. The summed E-state index contributed by atoms with van der Waals surface area (Å²) in [5.74, 6) is 0. The fourth-order valence-corrected chi connectivity index (χ4v) is 14.5. The van der Waals surface area contributed by atoms with Crippen molar-refractivity contribution >= 4 is 154 Å². The Kier molecular flexibility index (Phi) is 9.24. The van der Waals surface area contributed by atoms with E-state index in [-0.39, 0.29) is 0 Å². The van der Waals surface area contributed by atoms with Crippen LogP contribution in [0.3, 0.4) is 0 Å². The zero-order valence-corrected chi connectivity index (χ0v) is 45.2. The molecule has 0 aliphatic rings. The first kappa shape index (κ1) is 45.4. The van der Waals surface area contributed by atoms with E-state index in [1.807, 2.05) is 0 Å². The maximum Gasteiger partial charge on any atom is 0.159 e. The highest BCUT2D eigenvalue weighted by Gasteiger charge is 2.29. The maximum absolute atomic E-state index is 7.13. The second-order valence-electron chi connectivity index (χ2n) is 22.3. The number of aromatic nitrogens is 2. The van der Waals surface area contributed by atoms with Crippen molar-refractivity contribution in [3.63, 3.8) is 0 Å². The highest BCUT2D eigenvalue weighted by molar-refractivity contribution is 6.32. The van der Waals surface area contributed by atoms with E-state index in [1.165, 1.54) is 65.2 Å². The van der Waals surface area contributed by atoms with Gasteiger partial charge in [0.25, 0.3) is 0 Å². The summed E-state index contributed by atoms with van der Waals surface area (Å²) in [7, 11) is 0. The Labute approximate surface area is 480 Å². The Bertz CT molecular complexity index is 5490. The second-order valence-corrected chi connectivity index (χ2v) is 22.3. The number of para-hydroxylation sites is 8. The number of anilines is 6. The highest BCUT2D eigenvalue weighted by atomic mass is 16.3. The summed E-state index contributed by atoms with van der Waals surface area (Å²) in [6.45, 7) is 0. The van der Waals surface area contributed by atoms with Gasteiger partial charge in [0.05, 0.1) is 55.8 Å². The summed E-state index contributed by atoms with van der Waals surface area (Å²) in [6, 6.07) is 101. The van der Waals surface area contributed by atoms with Crippen LogP contribution in [0, 0.1) is 0 Å². The summed E-state index contributed by atoms with van der Waals surface area (Å²) < 4.78 is 19.3. The molecule has 6 nitrogen and oxygen atoms in total. The number of benzene rings is 13. The Morgan fingerprint density at radius 2 is 0.571 bits per heavy atom. The van der Waals surface area contributed by atoms with Gasteiger partial charge in [0.2, 0.25) is 0 Å². The van der Waals surface area contributed by atoms with Crippen molar-refractivity contribution in [3.8, 4) is 22.3 Å². The van der Waals surface area contributed by atoms with Gasteiger partial charge in [-0.2, -0.15) is 0 Å². The number of rotatable bonds is 8. The van der Waals surface area contributed by atoms with Crippen molar-refractivity contribution in [2.75, 3.05) is 9.80 Å². The van der Waals surface area contributed by atoms with E-state index in [0.29, 0.717) is 0 Å². The molecule has 84 heavy (non-hydrogen) atoms. The van der Waals surface area contributed by atoms with Gasteiger partial charge in [0.1, 0.15) is 11.2 Å². The quantitative estimate of drug-likeness (QED) is 0.152. The molecule has 0 aliphatic heterocycles. The van der Waals surface area contributed by atoms with Gasteiger partial charge in [-0.15, -0.1) is 0 Å². The Hall–Kier alpha value is -11.3. The number of hydrogen-bond acceptors (Lipinski definition) is 4. The van der Waals surface area contributed by atoms with Crippen molar-refractivity contribution < 1.29 is 8.83 Å². The number of hydrogen-bond donors (Lipinski definition) is 0. The minimum absolute atomic E-state index is 0.848. The van der Waals surface area contributed by atoms with Gasteiger partial charge < -0.3 is 27.4 Å². The minimum atomic E-state index is 0.848. The van der Waals surface area contributed by atoms with Crippen LogP contribution in [0.2, 0.25) is 0 Å². The van der Waals surface area contributed by atoms with E-state index >= 15 is 0 Å². The van der Waals surface area contributed by atoms with Gasteiger partial charge in [-0.3, -0.25) is 0 Å². The first-order valence-corrected chi connectivity index (χ1v) is 28.7. The van der Waals surface area contributed by atoms with Crippen LogP contribution in [0.5, 0.6) is 0 Å². The van der Waals surface area contributed by atoms with Crippen LogP contribution in [0.25, 0.3) is 142 Å². The van der Waals surface area contributed by atoms with Gasteiger partial charge in [-0.05, 0) is 83.9 Å². The molecule has 6 heteroatoms. The largest absolute Gasteiger partial charge is 0.453 e. The molecule has 0 radical (unpaired) electrons. The molecule has 0 spiro atoms. The van der Waals surface area contributed by atoms with Crippen LogP contribution in [0.4, 0.5) is 34.1 Å². The molecule has 0 aliphatic carbocycles. The van der Waals surface area contributed by atoms with Crippen molar-refractivity contribution in [1.29, 1.82) is 0 Å². The SMILES string of the molecule is c1ccc(-c2cccc3c2oc2c(N(c4ccccc4)c4cccc5c4c4cccc6c7cc8c(cc7n5c64)c4cccc5c6c(N(c7ccccc7)c7cccc9c7oc7c(-c%10ccccc%10)cccc79)cccc6n8c45)cccc23)cc1. The van der Waals surface area contributed by atoms with Gasteiger partial charge in [-0.25, -0.2) is 0 Å². The average Bonchev–Trinajstić information content (AvgIpc) is 1.64. The van der Waals surface area contributed by atoms with Gasteiger partial charge >= 0.3 is 0 Å². The van der Waals surface area contributed by atoms with Crippen LogP contribution >= 0.6 is 0 Å². The molecule has 19 rings (SSSR count). The monoisotopic (exact) mass is 1070 g/mol. The summed E-state index contributed by atoms with van der Waals surface area (Å²) >= 11 is 0. The Balaban J connectivity index is 0.828. The molecule has 390 valence electrons. The van der Waals surface area contributed by atoms with E-state index in [0.717, 1.165) is 111 Å². The van der Waals surface area contributed by atoms with E-state index in [1.54, 1.807) is 0 Å². The molecule has 0 saturated heterocycles. The third-order valence-corrected chi connectivity index (χ3v) is 17.9. The third kappa shape index (κ3) is 6.12. The summed E-state index contributed by atoms with van der Waals surface area (Å²) in [5.41, 5.74) is 21.2. The predicted octanol–water partition coefficient (Wildman–Crippen LogP) is 22.1. The van der Waals surface area contributed by atoms with Gasteiger partial charge in [0, 0.05) is 87.1 Å². The van der Waals surface area contributed by atoms with E-state index in [9.17, 15) is 0 Å². The molecule has 0 bridgehead atoms. The van der Waals surface area contributed by atoms with Gasteiger partial charge in [0.15, 0.2) is 11.2 Å². The lowest BCUT2D eigenvalue weighted by molar-refractivity contribution is 0.670. The van der Waals surface area contributed by atoms with Crippen LogP contribution in [0.1, 0.15) is 0 Å². The lowest BCUT2D eigenvalue weighted by Crippen LogP contribution is -2.10.